The van der Waals surface area contributed by atoms with Gasteiger partial charge in [-0.1, -0.05) is 35.8 Å². The molecule has 1 rings (SSSR count). The van der Waals surface area contributed by atoms with Crippen molar-refractivity contribution >= 4 is 27.3 Å². The highest BCUT2D eigenvalue weighted by molar-refractivity contribution is 9.09. The van der Waals surface area contributed by atoms with E-state index in [2.05, 4.69) is 47.3 Å². The summed E-state index contributed by atoms with van der Waals surface area (Å²) < 4.78 is 0. The van der Waals surface area contributed by atoms with Crippen molar-refractivity contribution in [3.63, 3.8) is 0 Å². The molecule has 0 amide bonds. The van der Waals surface area contributed by atoms with Crippen molar-refractivity contribution in [2.45, 2.75) is 25.1 Å². The van der Waals surface area contributed by atoms with E-state index in [1.54, 1.807) is 0 Å². The molecule has 1 heterocycles. The van der Waals surface area contributed by atoms with Crippen LogP contribution in [0.1, 0.15) is 18.7 Å². The van der Waals surface area contributed by atoms with Crippen LogP contribution in [-0.4, -0.2) is 4.83 Å². The van der Waals surface area contributed by atoms with Gasteiger partial charge in [0.1, 0.15) is 0 Å². The van der Waals surface area contributed by atoms with Crippen molar-refractivity contribution in [1.82, 2.24) is 0 Å². The highest BCUT2D eigenvalue weighted by Crippen LogP contribution is 2.20. The molecule has 0 radical (unpaired) electrons. The Hall–Kier alpha value is 0.180. The molecular weight excluding hydrogens is 220 g/mol. The Kier molecular flexibility index (Phi) is 3.60. The molecule has 11 heavy (non-hydrogen) atoms. The topological polar surface area (TPSA) is 0 Å². The number of hydrogen-bond donors (Lipinski definition) is 0. The Labute approximate surface area is 80.8 Å². The Bertz CT molecular complexity index is 191. The lowest BCUT2D eigenvalue weighted by Gasteiger charge is -2.11. The summed E-state index contributed by atoms with van der Waals surface area (Å²) in [5, 5.41) is 2.14. The number of hydrogen-bond acceptors (Lipinski definition) is 1. The Morgan fingerprint density at radius 2 is 2.27 bits per heavy atom. The summed E-state index contributed by atoms with van der Waals surface area (Å²) in [6, 6.07) is 4.32. The first-order valence-corrected chi connectivity index (χ1v) is 5.66. The van der Waals surface area contributed by atoms with Crippen LogP contribution in [0.3, 0.4) is 0 Å². The van der Waals surface area contributed by atoms with Crippen LogP contribution in [0, 0.1) is 5.92 Å². The van der Waals surface area contributed by atoms with Crippen LogP contribution < -0.4 is 0 Å². The van der Waals surface area contributed by atoms with Gasteiger partial charge >= 0.3 is 0 Å². The van der Waals surface area contributed by atoms with E-state index in [1.165, 1.54) is 11.3 Å². The molecule has 2 atom stereocenters. The molecule has 2 unspecified atom stereocenters. The highest BCUT2D eigenvalue weighted by Gasteiger charge is 2.09. The SMILES string of the molecule is CC(Br)C(C)Cc1cccs1. The standard InChI is InChI=1S/C9H13BrS/c1-7(8(2)10)6-9-4-3-5-11-9/h3-5,7-8H,6H2,1-2H3. The van der Waals surface area contributed by atoms with Gasteiger partial charge in [0, 0.05) is 9.70 Å². The lowest BCUT2D eigenvalue weighted by Crippen LogP contribution is -2.08. The molecule has 0 nitrogen and oxygen atoms in total. The van der Waals surface area contributed by atoms with E-state index in [0.29, 0.717) is 4.83 Å². The number of alkyl halides is 1. The summed E-state index contributed by atoms with van der Waals surface area (Å²) in [5.41, 5.74) is 0. The van der Waals surface area contributed by atoms with Gasteiger partial charge in [0.25, 0.3) is 0 Å². The van der Waals surface area contributed by atoms with Gasteiger partial charge in [-0.15, -0.1) is 11.3 Å². The maximum absolute atomic E-state index is 3.59. The first-order chi connectivity index (χ1) is 5.20. The van der Waals surface area contributed by atoms with Crippen LogP contribution in [0.15, 0.2) is 17.5 Å². The van der Waals surface area contributed by atoms with Crippen LogP contribution in [0.2, 0.25) is 0 Å². The summed E-state index contributed by atoms with van der Waals surface area (Å²) in [7, 11) is 0. The van der Waals surface area contributed by atoms with Crippen molar-refractivity contribution in [2.24, 2.45) is 5.92 Å². The van der Waals surface area contributed by atoms with Crippen LogP contribution in [0.4, 0.5) is 0 Å². The molecule has 0 spiro atoms. The molecule has 0 aromatic carbocycles. The van der Waals surface area contributed by atoms with Crippen molar-refractivity contribution in [1.29, 1.82) is 0 Å². The average Bonchev–Trinajstić information content (AvgIpc) is 2.39. The van der Waals surface area contributed by atoms with Crippen molar-refractivity contribution < 1.29 is 0 Å². The third-order valence-electron chi connectivity index (χ3n) is 1.89. The number of halogens is 1. The largest absolute Gasteiger partial charge is 0.149 e. The quantitative estimate of drug-likeness (QED) is 0.698. The van der Waals surface area contributed by atoms with Gasteiger partial charge < -0.3 is 0 Å². The van der Waals surface area contributed by atoms with Gasteiger partial charge in [0.15, 0.2) is 0 Å². The van der Waals surface area contributed by atoms with Gasteiger partial charge in [-0.3, -0.25) is 0 Å². The third kappa shape index (κ3) is 2.96. The zero-order valence-corrected chi connectivity index (χ0v) is 9.28. The predicted octanol–water partition coefficient (Wildman–Crippen LogP) is 3.71. The Balaban J connectivity index is 2.43. The van der Waals surface area contributed by atoms with E-state index in [4.69, 9.17) is 0 Å². The van der Waals surface area contributed by atoms with Crippen LogP contribution in [0.5, 0.6) is 0 Å². The Morgan fingerprint density at radius 3 is 2.73 bits per heavy atom. The minimum Gasteiger partial charge on any atom is -0.149 e. The molecule has 62 valence electrons. The molecule has 1 aromatic rings. The summed E-state index contributed by atoms with van der Waals surface area (Å²) in [5.74, 6) is 0.730. The maximum atomic E-state index is 3.59. The summed E-state index contributed by atoms with van der Waals surface area (Å²) >= 11 is 5.44. The Morgan fingerprint density at radius 1 is 1.55 bits per heavy atom. The fourth-order valence-corrected chi connectivity index (χ4v) is 1.94. The minimum absolute atomic E-state index is 0.615. The fraction of sp³-hybridized carbons (Fsp3) is 0.556. The molecule has 0 saturated heterocycles. The average molecular weight is 233 g/mol. The highest BCUT2D eigenvalue weighted by atomic mass is 79.9. The summed E-state index contributed by atoms with van der Waals surface area (Å²) in [6.07, 6.45) is 1.20. The molecule has 1 aromatic heterocycles. The summed E-state index contributed by atoms with van der Waals surface area (Å²) in [6.45, 7) is 4.48. The van der Waals surface area contributed by atoms with Crippen LogP contribution in [-0.2, 0) is 6.42 Å². The number of rotatable bonds is 3. The van der Waals surface area contributed by atoms with E-state index in [1.807, 2.05) is 11.3 Å². The smallest absolute Gasteiger partial charge is 0.0146 e. The lowest BCUT2D eigenvalue weighted by molar-refractivity contribution is 0.586. The van der Waals surface area contributed by atoms with Gasteiger partial charge in [0.2, 0.25) is 0 Å². The molecule has 2 heteroatoms. The van der Waals surface area contributed by atoms with Gasteiger partial charge in [0.05, 0.1) is 0 Å². The van der Waals surface area contributed by atoms with Crippen LogP contribution >= 0.6 is 27.3 Å². The maximum Gasteiger partial charge on any atom is 0.0146 e. The predicted molar refractivity (Wildman–Crippen MR) is 55.6 cm³/mol. The zero-order chi connectivity index (χ0) is 8.27. The van der Waals surface area contributed by atoms with Crippen molar-refractivity contribution in [3.05, 3.63) is 22.4 Å². The first kappa shape index (κ1) is 9.27. The zero-order valence-electron chi connectivity index (χ0n) is 6.88. The minimum atomic E-state index is 0.615. The molecule has 0 aliphatic rings. The molecule has 0 N–H and O–H groups in total. The second-order valence-electron chi connectivity index (χ2n) is 2.94. The second-order valence-corrected chi connectivity index (χ2v) is 5.41. The van der Waals surface area contributed by atoms with E-state index < -0.39 is 0 Å². The first-order valence-electron chi connectivity index (χ1n) is 3.86. The van der Waals surface area contributed by atoms with Crippen LogP contribution in [0.25, 0.3) is 0 Å². The van der Waals surface area contributed by atoms with Gasteiger partial charge in [-0.2, -0.15) is 0 Å². The van der Waals surface area contributed by atoms with E-state index in [-0.39, 0.29) is 0 Å². The van der Waals surface area contributed by atoms with Crippen molar-refractivity contribution in [2.75, 3.05) is 0 Å². The van der Waals surface area contributed by atoms with Gasteiger partial charge in [-0.05, 0) is 23.8 Å². The monoisotopic (exact) mass is 232 g/mol. The van der Waals surface area contributed by atoms with E-state index in [0.717, 1.165) is 5.92 Å². The fourth-order valence-electron chi connectivity index (χ4n) is 0.908. The molecule has 0 aliphatic carbocycles. The molecular formula is C9H13BrS. The summed E-state index contributed by atoms with van der Waals surface area (Å²) in [4.78, 5) is 2.11. The second kappa shape index (κ2) is 4.27. The van der Waals surface area contributed by atoms with Gasteiger partial charge in [-0.25, -0.2) is 0 Å². The van der Waals surface area contributed by atoms with E-state index in [9.17, 15) is 0 Å². The molecule has 0 saturated carbocycles. The third-order valence-corrected chi connectivity index (χ3v) is 3.69. The normalized spacial score (nSPS) is 16.3. The van der Waals surface area contributed by atoms with Crippen molar-refractivity contribution in [3.8, 4) is 0 Å². The molecule has 0 fully saturated rings. The lowest BCUT2D eigenvalue weighted by atomic mass is 10.0. The molecule has 0 bridgehead atoms. The number of thiophene rings is 1. The molecule has 0 aliphatic heterocycles. The van der Waals surface area contributed by atoms with E-state index >= 15 is 0 Å².